The summed E-state index contributed by atoms with van der Waals surface area (Å²) in [6.45, 7) is 2.25. The first-order valence-corrected chi connectivity index (χ1v) is 10.7. The fourth-order valence-corrected chi connectivity index (χ4v) is 3.87. The number of rotatable bonds is 7. The van der Waals surface area contributed by atoms with E-state index in [0.29, 0.717) is 25.3 Å². The van der Waals surface area contributed by atoms with Gasteiger partial charge in [-0.05, 0) is 39.1 Å². The summed E-state index contributed by atoms with van der Waals surface area (Å²) in [4.78, 5) is 41.2. The van der Waals surface area contributed by atoms with Crippen molar-refractivity contribution in [3.8, 4) is 0 Å². The summed E-state index contributed by atoms with van der Waals surface area (Å²) in [5.74, 6) is -0.972. The molecule has 3 amide bonds. The number of piperidine rings is 1. The predicted molar refractivity (Wildman–Crippen MR) is 114 cm³/mol. The number of likely N-dealkylation sites (tertiary alicyclic amines) is 1. The quantitative estimate of drug-likeness (QED) is 0.686. The smallest absolute Gasteiger partial charge is 0.286 e. The molecule has 10 heteroatoms. The van der Waals surface area contributed by atoms with Gasteiger partial charge in [-0.3, -0.25) is 14.4 Å². The van der Waals surface area contributed by atoms with Gasteiger partial charge in [0, 0.05) is 31.9 Å². The molecule has 0 saturated carbocycles. The van der Waals surface area contributed by atoms with Crippen molar-refractivity contribution in [3.63, 3.8) is 0 Å². The summed E-state index contributed by atoms with van der Waals surface area (Å²) in [7, 11) is 3.90. The second kappa shape index (κ2) is 10.3. The van der Waals surface area contributed by atoms with Crippen LogP contribution in [0.1, 0.15) is 32.4 Å². The Balaban J connectivity index is 1.57. The number of para-hydroxylation sites is 1. The van der Waals surface area contributed by atoms with Crippen LogP contribution in [0.2, 0.25) is 0 Å². The molecule has 0 spiro atoms. The van der Waals surface area contributed by atoms with Crippen LogP contribution in [0.3, 0.4) is 0 Å². The molecular formula is C20H26N6O3S. The second-order valence-electron chi connectivity index (χ2n) is 7.42. The highest BCUT2D eigenvalue weighted by Crippen LogP contribution is 2.21. The van der Waals surface area contributed by atoms with Crippen molar-refractivity contribution in [2.24, 2.45) is 5.92 Å². The lowest BCUT2D eigenvalue weighted by Crippen LogP contribution is -2.46. The van der Waals surface area contributed by atoms with Gasteiger partial charge in [0.2, 0.25) is 15.9 Å². The van der Waals surface area contributed by atoms with Crippen LogP contribution >= 0.6 is 11.3 Å². The van der Waals surface area contributed by atoms with Crippen LogP contribution in [0.4, 0.5) is 5.69 Å². The fraction of sp³-hybridized carbons (Fsp3) is 0.450. The van der Waals surface area contributed by atoms with Gasteiger partial charge in [-0.15, -0.1) is 10.2 Å². The number of hydrogen-bond donors (Lipinski definition) is 2. The third kappa shape index (κ3) is 5.83. The second-order valence-corrected chi connectivity index (χ2v) is 8.39. The number of nitrogens with zero attached hydrogens (tertiary/aromatic N) is 4. The average Bonchev–Trinajstić information content (AvgIpc) is 3.24. The van der Waals surface area contributed by atoms with Crippen molar-refractivity contribution < 1.29 is 14.4 Å². The minimum Gasteiger partial charge on any atom is -0.355 e. The molecule has 3 rings (SSSR count). The summed E-state index contributed by atoms with van der Waals surface area (Å²) in [6.07, 6.45) is 1.50. The van der Waals surface area contributed by atoms with Crippen molar-refractivity contribution in [1.82, 2.24) is 25.3 Å². The minimum absolute atomic E-state index is 0.0328. The van der Waals surface area contributed by atoms with Gasteiger partial charge in [-0.25, -0.2) is 0 Å². The third-order valence-electron chi connectivity index (χ3n) is 4.77. The number of carbonyl (C=O) groups is 3. The molecule has 1 atom stereocenters. The number of nitrogens with one attached hydrogen (secondary N) is 2. The Hall–Kier alpha value is -2.85. The zero-order chi connectivity index (χ0) is 21.5. The van der Waals surface area contributed by atoms with Crippen molar-refractivity contribution >= 4 is 34.7 Å². The van der Waals surface area contributed by atoms with Crippen LogP contribution in [-0.2, 0) is 4.79 Å². The maximum absolute atomic E-state index is 12.8. The molecule has 1 aliphatic heterocycles. The molecule has 2 heterocycles. The number of carbonyl (C=O) groups excluding carboxylic acids is 3. The van der Waals surface area contributed by atoms with Crippen molar-refractivity contribution in [3.05, 3.63) is 40.3 Å². The lowest BCUT2D eigenvalue weighted by Gasteiger charge is -2.31. The summed E-state index contributed by atoms with van der Waals surface area (Å²) in [6, 6.07) is 9.01. The van der Waals surface area contributed by atoms with E-state index in [1.165, 1.54) is 0 Å². The Kier molecular flexibility index (Phi) is 7.47. The molecule has 160 valence electrons. The largest absolute Gasteiger partial charge is 0.355 e. The van der Waals surface area contributed by atoms with E-state index < -0.39 is 5.91 Å². The Morgan fingerprint density at radius 3 is 2.63 bits per heavy atom. The Bertz CT molecular complexity index is 886. The summed E-state index contributed by atoms with van der Waals surface area (Å²) < 4.78 is 0. The zero-order valence-electron chi connectivity index (χ0n) is 17.1. The molecule has 0 bridgehead atoms. The van der Waals surface area contributed by atoms with Gasteiger partial charge < -0.3 is 20.4 Å². The van der Waals surface area contributed by atoms with Gasteiger partial charge in [0.05, 0.1) is 5.92 Å². The molecule has 30 heavy (non-hydrogen) atoms. The summed E-state index contributed by atoms with van der Waals surface area (Å²) >= 11 is 0.957. The number of anilines is 1. The highest BCUT2D eigenvalue weighted by Gasteiger charge is 2.30. The molecule has 1 aromatic heterocycles. The van der Waals surface area contributed by atoms with Gasteiger partial charge in [-0.1, -0.05) is 29.5 Å². The highest BCUT2D eigenvalue weighted by molar-refractivity contribution is 7.15. The molecule has 9 nitrogen and oxygen atoms in total. The van der Waals surface area contributed by atoms with Crippen molar-refractivity contribution in [2.75, 3.05) is 45.6 Å². The predicted octanol–water partition coefficient (Wildman–Crippen LogP) is 1.32. The molecule has 1 aliphatic rings. The van der Waals surface area contributed by atoms with E-state index in [2.05, 4.69) is 20.8 Å². The van der Waals surface area contributed by atoms with Gasteiger partial charge >= 0.3 is 0 Å². The lowest BCUT2D eigenvalue weighted by molar-refractivity contribution is -0.126. The van der Waals surface area contributed by atoms with E-state index >= 15 is 0 Å². The molecule has 1 saturated heterocycles. The molecular weight excluding hydrogens is 404 g/mol. The van der Waals surface area contributed by atoms with Crippen LogP contribution in [0, 0.1) is 5.92 Å². The Morgan fingerprint density at radius 2 is 1.90 bits per heavy atom. The molecule has 1 fully saturated rings. The van der Waals surface area contributed by atoms with E-state index in [1.807, 2.05) is 37.2 Å². The van der Waals surface area contributed by atoms with Gasteiger partial charge in [0.25, 0.3) is 11.8 Å². The van der Waals surface area contributed by atoms with Crippen molar-refractivity contribution in [1.29, 1.82) is 0 Å². The molecule has 0 unspecified atom stereocenters. The first kappa shape index (κ1) is 21.8. The normalized spacial score (nSPS) is 16.4. The Labute approximate surface area is 179 Å². The standard InChI is InChI=1S/C20H26N6O3S/c1-25(2)12-10-21-16(27)14-7-6-11-26(13-14)20(29)19-24-23-18(30-19)17(28)22-15-8-4-3-5-9-15/h3-5,8-9,14H,6-7,10-13H2,1-2H3,(H,21,27)(H,22,28)/t14-/m0/s1. The number of amides is 3. The van der Waals surface area contributed by atoms with Crippen LogP contribution in [0.25, 0.3) is 0 Å². The van der Waals surface area contributed by atoms with Crippen LogP contribution in [0.5, 0.6) is 0 Å². The topological polar surface area (TPSA) is 108 Å². The molecule has 1 aromatic carbocycles. The summed E-state index contributed by atoms with van der Waals surface area (Å²) in [5.41, 5.74) is 0.643. The van der Waals surface area contributed by atoms with E-state index in [9.17, 15) is 14.4 Å². The zero-order valence-corrected chi connectivity index (χ0v) is 17.9. The van der Waals surface area contributed by atoms with Gasteiger partial charge in [-0.2, -0.15) is 0 Å². The first-order valence-electron chi connectivity index (χ1n) is 9.85. The Morgan fingerprint density at radius 1 is 1.17 bits per heavy atom. The fourth-order valence-electron chi connectivity index (χ4n) is 3.17. The number of benzene rings is 1. The third-order valence-corrected chi connectivity index (χ3v) is 5.68. The SMILES string of the molecule is CN(C)CCNC(=O)[C@H]1CCCN(C(=O)c2nnc(C(=O)Nc3ccccc3)s2)C1. The monoisotopic (exact) mass is 430 g/mol. The average molecular weight is 431 g/mol. The molecule has 2 aromatic rings. The molecule has 0 radical (unpaired) electrons. The number of aromatic nitrogens is 2. The van der Waals surface area contributed by atoms with E-state index in [4.69, 9.17) is 0 Å². The highest BCUT2D eigenvalue weighted by atomic mass is 32.1. The number of hydrogen-bond acceptors (Lipinski definition) is 7. The van der Waals surface area contributed by atoms with Gasteiger partial charge in [0.1, 0.15) is 0 Å². The maximum atomic E-state index is 12.8. The van der Waals surface area contributed by atoms with E-state index in [-0.39, 0.29) is 27.7 Å². The lowest BCUT2D eigenvalue weighted by atomic mass is 9.97. The molecule has 0 aliphatic carbocycles. The van der Waals surface area contributed by atoms with Gasteiger partial charge in [0.15, 0.2) is 0 Å². The van der Waals surface area contributed by atoms with Crippen LogP contribution in [-0.4, -0.2) is 78.0 Å². The maximum Gasteiger partial charge on any atom is 0.286 e. The van der Waals surface area contributed by atoms with E-state index in [1.54, 1.807) is 17.0 Å². The number of likely N-dealkylation sites (N-methyl/N-ethyl adjacent to an activating group) is 1. The summed E-state index contributed by atoms with van der Waals surface area (Å²) in [5, 5.41) is 13.7. The van der Waals surface area contributed by atoms with Crippen molar-refractivity contribution in [2.45, 2.75) is 12.8 Å². The minimum atomic E-state index is -0.408. The van der Waals surface area contributed by atoms with E-state index in [0.717, 1.165) is 30.7 Å². The van der Waals surface area contributed by atoms with Crippen LogP contribution in [0.15, 0.2) is 30.3 Å². The first-order chi connectivity index (χ1) is 14.4. The van der Waals surface area contributed by atoms with Crippen LogP contribution < -0.4 is 10.6 Å². The molecule has 2 N–H and O–H groups in total.